The summed E-state index contributed by atoms with van der Waals surface area (Å²) in [4.78, 5) is 12.6. The smallest absolute Gasteiger partial charge is 0.230 e. The Labute approximate surface area is 201 Å². The van der Waals surface area contributed by atoms with Crippen LogP contribution in [0.25, 0.3) is 11.4 Å². The van der Waals surface area contributed by atoms with Crippen LogP contribution in [0.15, 0.2) is 41.6 Å². The fourth-order valence-electron chi connectivity index (χ4n) is 3.82. The maximum Gasteiger partial charge on any atom is 0.230 e. The van der Waals surface area contributed by atoms with Crippen LogP contribution in [-0.2, 0) is 11.8 Å². The first-order valence-corrected chi connectivity index (χ1v) is 12.2. The summed E-state index contributed by atoms with van der Waals surface area (Å²) >= 11 is 1.34. The van der Waals surface area contributed by atoms with Crippen LogP contribution in [0.1, 0.15) is 24.9 Å². The molecule has 0 saturated carbocycles. The van der Waals surface area contributed by atoms with Gasteiger partial charge >= 0.3 is 0 Å². The molecule has 0 fully saturated rings. The molecule has 10 heteroatoms. The molecular weight excluding hydrogens is 456 g/mol. The maximum absolute atomic E-state index is 12.6. The predicted molar refractivity (Wildman–Crippen MR) is 127 cm³/mol. The molecular formula is C24H26N4O5S. The lowest BCUT2D eigenvalue weighted by molar-refractivity contribution is -0.119. The molecule has 9 nitrogen and oxygen atoms in total. The van der Waals surface area contributed by atoms with Crippen LogP contribution >= 0.6 is 11.8 Å². The van der Waals surface area contributed by atoms with Crippen molar-refractivity contribution in [2.45, 2.75) is 24.5 Å². The molecule has 1 amide bonds. The van der Waals surface area contributed by atoms with Gasteiger partial charge in [0.1, 0.15) is 13.2 Å². The summed E-state index contributed by atoms with van der Waals surface area (Å²) in [6.07, 6.45) is 0.853. The van der Waals surface area contributed by atoms with Gasteiger partial charge in [-0.05, 0) is 42.8 Å². The van der Waals surface area contributed by atoms with Gasteiger partial charge in [-0.25, -0.2) is 0 Å². The molecule has 2 aliphatic heterocycles. The Hall–Kier alpha value is -3.40. The number of nitrogens with zero attached hydrogens (tertiary/aromatic N) is 3. The second kappa shape index (κ2) is 9.84. The van der Waals surface area contributed by atoms with Crippen molar-refractivity contribution in [2.24, 2.45) is 7.05 Å². The standard InChI is InChI=1S/C24H26N4O5S/c1-15(16-4-6-18-20(12-16)31-9-3-8-30-18)25-22(29)14-34-24-27-26-23(28(24)2)17-5-7-19-21(13-17)33-11-10-32-19/h4-7,12-13,15H,3,8-11,14H2,1-2H3,(H,25,29). The predicted octanol–water partition coefficient (Wildman–Crippen LogP) is 3.38. The number of carbonyl (C=O) groups excluding carboxylic acids is 1. The second-order valence-corrected chi connectivity index (χ2v) is 9.00. The molecule has 1 N–H and O–H groups in total. The number of benzene rings is 2. The minimum atomic E-state index is -0.168. The zero-order chi connectivity index (χ0) is 23.5. The highest BCUT2D eigenvalue weighted by Gasteiger charge is 2.19. The van der Waals surface area contributed by atoms with E-state index < -0.39 is 0 Å². The molecule has 0 aliphatic carbocycles. The van der Waals surface area contributed by atoms with E-state index in [1.165, 1.54) is 11.8 Å². The van der Waals surface area contributed by atoms with Crippen molar-refractivity contribution in [1.82, 2.24) is 20.1 Å². The third kappa shape index (κ3) is 4.77. The van der Waals surface area contributed by atoms with Crippen molar-refractivity contribution < 1.29 is 23.7 Å². The number of aromatic nitrogens is 3. The quantitative estimate of drug-likeness (QED) is 0.534. The molecule has 34 heavy (non-hydrogen) atoms. The average molecular weight is 483 g/mol. The van der Waals surface area contributed by atoms with Crippen molar-refractivity contribution in [3.63, 3.8) is 0 Å². The Morgan fingerprint density at radius 1 is 0.971 bits per heavy atom. The lowest BCUT2D eigenvalue weighted by Gasteiger charge is -2.18. The topological polar surface area (TPSA) is 96.7 Å². The van der Waals surface area contributed by atoms with E-state index in [2.05, 4.69) is 15.5 Å². The number of hydrogen-bond acceptors (Lipinski definition) is 8. The molecule has 1 atom stereocenters. The van der Waals surface area contributed by atoms with Crippen molar-refractivity contribution >= 4 is 17.7 Å². The highest BCUT2D eigenvalue weighted by atomic mass is 32.2. The number of thioether (sulfide) groups is 1. The van der Waals surface area contributed by atoms with Gasteiger partial charge in [-0.2, -0.15) is 0 Å². The minimum absolute atomic E-state index is 0.0894. The Bertz CT molecular complexity index is 1200. The van der Waals surface area contributed by atoms with Gasteiger partial charge in [0.25, 0.3) is 0 Å². The molecule has 0 bridgehead atoms. The van der Waals surface area contributed by atoms with Gasteiger partial charge in [0, 0.05) is 19.0 Å². The molecule has 5 rings (SSSR count). The summed E-state index contributed by atoms with van der Waals surface area (Å²) < 4.78 is 24.6. The van der Waals surface area contributed by atoms with Gasteiger partial charge in [0.05, 0.1) is 25.0 Å². The second-order valence-electron chi connectivity index (χ2n) is 8.06. The van der Waals surface area contributed by atoms with Gasteiger partial charge in [0.2, 0.25) is 5.91 Å². The highest BCUT2D eigenvalue weighted by Crippen LogP contribution is 2.35. The Morgan fingerprint density at radius 2 is 1.65 bits per heavy atom. The Balaban J connectivity index is 1.20. The van der Waals surface area contributed by atoms with E-state index in [4.69, 9.17) is 18.9 Å². The summed E-state index contributed by atoms with van der Waals surface area (Å²) in [5.41, 5.74) is 1.83. The van der Waals surface area contributed by atoms with Gasteiger partial charge in [-0.15, -0.1) is 10.2 Å². The average Bonchev–Trinajstić information content (AvgIpc) is 3.06. The number of carbonyl (C=O) groups is 1. The molecule has 3 heterocycles. The summed E-state index contributed by atoms with van der Waals surface area (Å²) in [5.74, 6) is 3.72. The van der Waals surface area contributed by atoms with Crippen molar-refractivity contribution in [1.29, 1.82) is 0 Å². The van der Waals surface area contributed by atoms with E-state index >= 15 is 0 Å². The number of hydrogen-bond donors (Lipinski definition) is 1. The lowest BCUT2D eigenvalue weighted by Crippen LogP contribution is -2.28. The van der Waals surface area contributed by atoms with Crippen LogP contribution in [0.4, 0.5) is 0 Å². The van der Waals surface area contributed by atoms with Crippen LogP contribution in [0.3, 0.4) is 0 Å². The van der Waals surface area contributed by atoms with Crippen molar-refractivity contribution in [3.8, 4) is 34.4 Å². The largest absolute Gasteiger partial charge is 0.490 e. The SMILES string of the molecule is CC(NC(=O)CSc1nnc(-c2ccc3c(c2)OCCO3)n1C)c1ccc2c(c1)OCCCO2. The monoisotopic (exact) mass is 482 g/mol. The molecule has 3 aromatic rings. The van der Waals surface area contributed by atoms with Crippen LogP contribution in [0.2, 0.25) is 0 Å². The zero-order valence-electron chi connectivity index (χ0n) is 19.1. The van der Waals surface area contributed by atoms with E-state index in [9.17, 15) is 4.79 Å². The Kier molecular flexibility index (Phi) is 6.48. The number of rotatable bonds is 6. The fraction of sp³-hybridized carbons (Fsp3) is 0.375. The van der Waals surface area contributed by atoms with Crippen LogP contribution in [-0.4, -0.2) is 52.9 Å². The number of nitrogens with one attached hydrogen (secondary N) is 1. The molecule has 1 unspecified atom stereocenters. The van der Waals surface area contributed by atoms with Crippen molar-refractivity contribution in [3.05, 3.63) is 42.0 Å². The normalized spacial score (nSPS) is 15.4. The number of ether oxygens (including phenoxy) is 4. The molecule has 2 aliphatic rings. The number of amides is 1. The van der Waals surface area contributed by atoms with Gasteiger partial charge < -0.3 is 28.8 Å². The van der Waals surface area contributed by atoms with Crippen LogP contribution in [0, 0.1) is 0 Å². The molecule has 2 aromatic carbocycles. The first-order chi connectivity index (χ1) is 16.6. The molecule has 1 aromatic heterocycles. The fourth-order valence-corrected chi connectivity index (χ4v) is 4.54. The molecule has 0 radical (unpaired) electrons. The van der Waals surface area contributed by atoms with Gasteiger partial charge in [-0.1, -0.05) is 17.8 Å². The van der Waals surface area contributed by atoms with E-state index in [1.54, 1.807) is 0 Å². The Morgan fingerprint density at radius 3 is 2.47 bits per heavy atom. The van der Waals surface area contributed by atoms with Crippen molar-refractivity contribution in [2.75, 3.05) is 32.2 Å². The summed E-state index contributed by atoms with van der Waals surface area (Å²) in [7, 11) is 1.88. The maximum atomic E-state index is 12.6. The summed E-state index contributed by atoms with van der Waals surface area (Å²) in [6, 6.07) is 11.3. The molecule has 0 saturated heterocycles. The molecule has 0 spiro atoms. The number of fused-ring (bicyclic) bond motifs is 2. The lowest BCUT2D eigenvalue weighted by atomic mass is 10.1. The van der Waals surface area contributed by atoms with E-state index in [0.717, 1.165) is 34.8 Å². The van der Waals surface area contributed by atoms with E-state index in [-0.39, 0.29) is 17.7 Å². The first kappa shape index (κ1) is 22.4. The summed E-state index contributed by atoms with van der Waals surface area (Å²) in [5, 5.41) is 12.3. The first-order valence-electron chi connectivity index (χ1n) is 11.2. The molecule has 178 valence electrons. The highest BCUT2D eigenvalue weighted by molar-refractivity contribution is 7.99. The van der Waals surface area contributed by atoms with Gasteiger partial charge in [-0.3, -0.25) is 4.79 Å². The van der Waals surface area contributed by atoms with Crippen LogP contribution in [0.5, 0.6) is 23.0 Å². The van der Waals surface area contributed by atoms with E-state index in [1.807, 2.05) is 54.9 Å². The third-order valence-electron chi connectivity index (χ3n) is 5.62. The van der Waals surface area contributed by atoms with Gasteiger partial charge in [0.15, 0.2) is 34.0 Å². The van der Waals surface area contributed by atoms with E-state index in [0.29, 0.717) is 43.2 Å². The minimum Gasteiger partial charge on any atom is -0.490 e. The van der Waals surface area contributed by atoms with Crippen LogP contribution < -0.4 is 24.3 Å². The third-order valence-corrected chi connectivity index (χ3v) is 6.64. The zero-order valence-corrected chi connectivity index (χ0v) is 19.9. The summed E-state index contributed by atoms with van der Waals surface area (Å²) in [6.45, 7) is 4.29.